The highest BCUT2D eigenvalue weighted by Gasteiger charge is 2.02. The smallest absolute Gasteiger partial charge is 0.0897 e. The zero-order valence-electron chi connectivity index (χ0n) is 14.3. The Kier molecular flexibility index (Phi) is 4.68. The molecule has 1 aromatic heterocycles. The highest BCUT2D eigenvalue weighted by Crippen LogP contribution is 2.19. The Hall–Kier alpha value is -3.48. The summed E-state index contributed by atoms with van der Waals surface area (Å²) >= 11 is 0. The predicted molar refractivity (Wildman–Crippen MR) is 108 cm³/mol. The zero-order chi connectivity index (χ0) is 17.6. The van der Waals surface area contributed by atoms with Crippen molar-refractivity contribution in [2.24, 2.45) is 0 Å². The SMILES string of the molecule is C(=Cc1cnc2ccccc2n1)=C(Cc1ccccc1)c1ccccc1. The van der Waals surface area contributed by atoms with E-state index < -0.39 is 0 Å². The number of hydrogen-bond acceptors (Lipinski definition) is 2. The van der Waals surface area contributed by atoms with E-state index in [9.17, 15) is 0 Å². The van der Waals surface area contributed by atoms with Crippen molar-refractivity contribution >= 4 is 22.7 Å². The Morgan fingerprint density at radius 3 is 2.19 bits per heavy atom. The molecule has 0 saturated carbocycles. The Morgan fingerprint density at radius 2 is 1.42 bits per heavy atom. The minimum absolute atomic E-state index is 0.810. The zero-order valence-corrected chi connectivity index (χ0v) is 14.3. The van der Waals surface area contributed by atoms with Crippen molar-refractivity contribution in [1.82, 2.24) is 9.97 Å². The van der Waals surface area contributed by atoms with Crippen molar-refractivity contribution in [3.05, 3.63) is 114 Å². The largest absolute Gasteiger partial charge is 0.252 e. The van der Waals surface area contributed by atoms with Crippen LogP contribution in [-0.4, -0.2) is 9.97 Å². The van der Waals surface area contributed by atoms with Gasteiger partial charge in [-0.25, -0.2) is 4.98 Å². The van der Waals surface area contributed by atoms with Crippen LogP contribution in [0.25, 0.3) is 22.7 Å². The molecule has 0 spiro atoms. The molecule has 0 amide bonds. The predicted octanol–water partition coefficient (Wildman–Crippen LogP) is 5.57. The van der Waals surface area contributed by atoms with E-state index in [1.54, 1.807) is 6.20 Å². The van der Waals surface area contributed by atoms with Gasteiger partial charge in [-0.05, 0) is 23.3 Å². The first kappa shape index (κ1) is 16.0. The standard InChI is InChI=1S/C24H18N2/c1-3-9-19(10-4-1)17-21(20-11-5-2-6-12-20)15-16-22-18-25-23-13-7-8-14-24(23)26-22/h1-14,16,18H,17H2. The fraction of sp³-hybridized carbons (Fsp3) is 0.0417. The van der Waals surface area contributed by atoms with Gasteiger partial charge in [0.1, 0.15) is 0 Å². The van der Waals surface area contributed by atoms with Crippen LogP contribution in [0.3, 0.4) is 0 Å². The van der Waals surface area contributed by atoms with Gasteiger partial charge in [-0.1, -0.05) is 72.8 Å². The summed E-state index contributed by atoms with van der Waals surface area (Å²) in [7, 11) is 0. The molecule has 0 fully saturated rings. The summed E-state index contributed by atoms with van der Waals surface area (Å²) in [5, 5.41) is 0. The van der Waals surface area contributed by atoms with E-state index in [-0.39, 0.29) is 0 Å². The molecule has 0 aliphatic carbocycles. The number of fused-ring (bicyclic) bond motifs is 1. The second-order valence-corrected chi connectivity index (χ2v) is 6.08. The van der Waals surface area contributed by atoms with Crippen LogP contribution in [0.2, 0.25) is 0 Å². The fourth-order valence-corrected chi connectivity index (χ4v) is 2.88. The molecule has 0 aliphatic rings. The minimum Gasteiger partial charge on any atom is -0.252 e. The number of allylic oxidation sites excluding steroid dienone is 1. The summed E-state index contributed by atoms with van der Waals surface area (Å²) < 4.78 is 0. The lowest BCUT2D eigenvalue weighted by Crippen LogP contribution is -1.90. The van der Waals surface area contributed by atoms with Crippen molar-refractivity contribution in [3.8, 4) is 0 Å². The highest BCUT2D eigenvalue weighted by atomic mass is 14.8. The summed E-state index contributed by atoms with van der Waals surface area (Å²) in [6, 6.07) is 28.7. The molecule has 2 nitrogen and oxygen atoms in total. The van der Waals surface area contributed by atoms with Gasteiger partial charge in [0.25, 0.3) is 0 Å². The van der Waals surface area contributed by atoms with Gasteiger partial charge >= 0.3 is 0 Å². The Labute approximate surface area is 153 Å². The minimum atomic E-state index is 0.810. The number of para-hydroxylation sites is 2. The van der Waals surface area contributed by atoms with E-state index >= 15 is 0 Å². The van der Waals surface area contributed by atoms with Crippen LogP contribution in [0.1, 0.15) is 16.8 Å². The summed E-state index contributed by atoms with van der Waals surface area (Å²) in [4.78, 5) is 9.13. The normalized spacial score (nSPS) is 10.3. The maximum absolute atomic E-state index is 4.65. The van der Waals surface area contributed by atoms with E-state index in [1.807, 2.05) is 42.5 Å². The molecule has 0 N–H and O–H groups in total. The third-order valence-corrected chi connectivity index (χ3v) is 4.21. The number of aromatic nitrogens is 2. The molecule has 0 saturated heterocycles. The van der Waals surface area contributed by atoms with E-state index in [1.165, 1.54) is 11.1 Å². The second kappa shape index (κ2) is 7.60. The average molecular weight is 334 g/mol. The Morgan fingerprint density at radius 1 is 0.769 bits per heavy atom. The molecule has 0 aliphatic heterocycles. The van der Waals surface area contributed by atoms with Crippen LogP contribution in [-0.2, 0) is 6.42 Å². The molecule has 0 radical (unpaired) electrons. The lowest BCUT2D eigenvalue weighted by molar-refractivity contribution is 1.26. The highest BCUT2D eigenvalue weighted by molar-refractivity contribution is 5.75. The van der Waals surface area contributed by atoms with Crippen molar-refractivity contribution in [2.45, 2.75) is 6.42 Å². The van der Waals surface area contributed by atoms with Gasteiger partial charge in [-0.15, -0.1) is 5.73 Å². The second-order valence-electron chi connectivity index (χ2n) is 6.08. The quantitative estimate of drug-likeness (QED) is 0.456. The van der Waals surface area contributed by atoms with Gasteiger partial charge in [-0.3, -0.25) is 4.98 Å². The van der Waals surface area contributed by atoms with Gasteiger partial charge in [0.2, 0.25) is 0 Å². The van der Waals surface area contributed by atoms with Gasteiger partial charge in [0, 0.05) is 18.1 Å². The molecule has 3 aromatic carbocycles. The van der Waals surface area contributed by atoms with Crippen LogP contribution >= 0.6 is 0 Å². The van der Waals surface area contributed by atoms with E-state index in [0.717, 1.165) is 28.7 Å². The van der Waals surface area contributed by atoms with Crippen LogP contribution < -0.4 is 0 Å². The van der Waals surface area contributed by atoms with E-state index in [4.69, 9.17) is 0 Å². The monoisotopic (exact) mass is 334 g/mol. The maximum atomic E-state index is 4.65. The van der Waals surface area contributed by atoms with Gasteiger partial charge in [-0.2, -0.15) is 0 Å². The number of hydrogen-bond donors (Lipinski definition) is 0. The van der Waals surface area contributed by atoms with E-state index in [0.29, 0.717) is 0 Å². The summed E-state index contributed by atoms with van der Waals surface area (Å²) in [6.07, 6.45) is 4.54. The van der Waals surface area contributed by atoms with Crippen LogP contribution in [0.15, 0.2) is 96.9 Å². The molecule has 4 rings (SSSR count). The number of benzene rings is 3. The van der Waals surface area contributed by atoms with Gasteiger partial charge in [0.05, 0.1) is 22.9 Å². The van der Waals surface area contributed by atoms with Crippen LogP contribution in [0, 0.1) is 0 Å². The summed E-state index contributed by atoms with van der Waals surface area (Å²) in [6.45, 7) is 0. The van der Waals surface area contributed by atoms with Gasteiger partial charge < -0.3 is 0 Å². The lowest BCUT2D eigenvalue weighted by atomic mass is 9.99. The van der Waals surface area contributed by atoms with Crippen LogP contribution in [0.4, 0.5) is 0 Å². The molecule has 26 heavy (non-hydrogen) atoms. The molecule has 0 bridgehead atoms. The molecule has 2 heteroatoms. The molecule has 0 unspecified atom stereocenters. The number of nitrogens with zero attached hydrogens (tertiary/aromatic N) is 2. The molecule has 1 heterocycles. The molecule has 0 atom stereocenters. The van der Waals surface area contributed by atoms with E-state index in [2.05, 4.69) is 64.2 Å². The third-order valence-electron chi connectivity index (χ3n) is 4.21. The third kappa shape index (κ3) is 3.77. The molecular formula is C24H18N2. The Bertz CT molecular complexity index is 1080. The van der Waals surface area contributed by atoms with Crippen molar-refractivity contribution < 1.29 is 0 Å². The topological polar surface area (TPSA) is 25.8 Å². The van der Waals surface area contributed by atoms with Crippen molar-refractivity contribution in [1.29, 1.82) is 0 Å². The first-order chi connectivity index (χ1) is 12.9. The average Bonchev–Trinajstić information content (AvgIpc) is 2.72. The van der Waals surface area contributed by atoms with Gasteiger partial charge in [0.15, 0.2) is 0 Å². The molecule has 124 valence electrons. The summed E-state index contributed by atoms with van der Waals surface area (Å²) in [5.74, 6) is 0. The first-order valence-corrected chi connectivity index (χ1v) is 8.65. The fourth-order valence-electron chi connectivity index (χ4n) is 2.88. The van der Waals surface area contributed by atoms with Crippen molar-refractivity contribution in [3.63, 3.8) is 0 Å². The van der Waals surface area contributed by atoms with Crippen LogP contribution in [0.5, 0.6) is 0 Å². The number of rotatable bonds is 4. The maximum Gasteiger partial charge on any atom is 0.0897 e. The van der Waals surface area contributed by atoms with Crippen molar-refractivity contribution in [2.75, 3.05) is 0 Å². The Balaban J connectivity index is 1.75. The summed E-state index contributed by atoms with van der Waals surface area (Å²) in [5.41, 5.74) is 9.62. The lowest BCUT2D eigenvalue weighted by Gasteiger charge is -2.05. The molecule has 4 aromatic rings. The first-order valence-electron chi connectivity index (χ1n) is 8.65. The molecular weight excluding hydrogens is 316 g/mol.